The summed E-state index contributed by atoms with van der Waals surface area (Å²) in [6.45, 7) is 5.48. The highest BCUT2D eigenvalue weighted by molar-refractivity contribution is 5.81. The standard InChI is InChI=1S/C15H20O4.C14H16O3/c1-11(7-13-8-18-9-13)14(16)15(17)19-10-12-5-3-2-4-6-12;15-14(8-4-7-13-9-16-10-13)17-11-12-5-2-1-3-6-12/h2-6,11,13-14,16H,7-10H2,1H3;1-6,8,13H,7,9-11H2/b;8-4+. The van der Waals surface area contributed by atoms with Crippen molar-refractivity contribution in [3.8, 4) is 0 Å². The van der Waals surface area contributed by atoms with Crippen LogP contribution in [-0.4, -0.2) is 49.6 Å². The van der Waals surface area contributed by atoms with E-state index in [9.17, 15) is 14.7 Å². The second-order valence-corrected chi connectivity index (χ2v) is 9.29. The molecule has 2 aromatic carbocycles. The van der Waals surface area contributed by atoms with Crippen LogP contribution in [0.15, 0.2) is 72.8 Å². The molecule has 0 aromatic heterocycles. The second-order valence-electron chi connectivity index (χ2n) is 9.29. The molecule has 0 saturated carbocycles. The summed E-state index contributed by atoms with van der Waals surface area (Å²) in [5, 5.41) is 9.92. The molecule has 7 heteroatoms. The first kappa shape index (κ1) is 27.6. The van der Waals surface area contributed by atoms with Gasteiger partial charge in [0.15, 0.2) is 6.10 Å². The molecule has 2 saturated heterocycles. The zero-order valence-corrected chi connectivity index (χ0v) is 20.8. The van der Waals surface area contributed by atoms with Crippen LogP contribution in [0.25, 0.3) is 0 Å². The quantitative estimate of drug-likeness (QED) is 0.370. The highest BCUT2D eigenvalue weighted by Gasteiger charge is 2.29. The molecule has 194 valence electrons. The molecule has 2 unspecified atom stereocenters. The van der Waals surface area contributed by atoms with E-state index < -0.39 is 12.1 Å². The number of aliphatic hydroxyl groups is 1. The maximum Gasteiger partial charge on any atom is 0.335 e. The molecular weight excluding hydrogens is 460 g/mol. The van der Waals surface area contributed by atoms with E-state index in [1.54, 1.807) is 0 Å². The van der Waals surface area contributed by atoms with Crippen molar-refractivity contribution >= 4 is 11.9 Å². The summed E-state index contributed by atoms with van der Waals surface area (Å²) in [5.41, 5.74) is 1.92. The minimum Gasteiger partial charge on any atom is -0.459 e. The summed E-state index contributed by atoms with van der Waals surface area (Å²) in [5.74, 6) is 0.114. The van der Waals surface area contributed by atoms with Gasteiger partial charge in [0.25, 0.3) is 0 Å². The smallest absolute Gasteiger partial charge is 0.335 e. The lowest BCUT2D eigenvalue weighted by molar-refractivity contribution is -0.159. The SMILES string of the molecule is CC(CC1COC1)C(O)C(=O)OCc1ccccc1.O=C(/C=C/CC1COC1)OCc1ccccc1. The first-order chi connectivity index (χ1) is 17.5. The van der Waals surface area contributed by atoms with E-state index in [2.05, 4.69) is 0 Å². The predicted octanol–water partition coefficient (Wildman–Crippen LogP) is 4.09. The highest BCUT2D eigenvalue weighted by atomic mass is 16.5. The van der Waals surface area contributed by atoms with Crippen LogP contribution in [0.1, 0.15) is 30.9 Å². The Morgan fingerprint density at radius 1 is 0.889 bits per heavy atom. The number of carbonyl (C=O) groups excluding carboxylic acids is 2. The van der Waals surface area contributed by atoms with Gasteiger partial charge in [-0.2, -0.15) is 0 Å². The number of hydrogen-bond acceptors (Lipinski definition) is 7. The van der Waals surface area contributed by atoms with E-state index in [0.29, 0.717) is 18.4 Å². The number of ether oxygens (including phenoxy) is 4. The number of esters is 2. The lowest BCUT2D eigenvalue weighted by atomic mass is 9.91. The van der Waals surface area contributed by atoms with Gasteiger partial charge in [0, 0.05) is 17.9 Å². The van der Waals surface area contributed by atoms with Gasteiger partial charge in [-0.15, -0.1) is 0 Å². The molecule has 0 radical (unpaired) electrons. The van der Waals surface area contributed by atoms with Gasteiger partial charge in [0.1, 0.15) is 13.2 Å². The predicted molar refractivity (Wildman–Crippen MR) is 135 cm³/mol. The Balaban J connectivity index is 0.000000202. The van der Waals surface area contributed by atoms with Crippen LogP contribution in [0.4, 0.5) is 0 Å². The molecule has 2 aliphatic heterocycles. The van der Waals surface area contributed by atoms with E-state index in [4.69, 9.17) is 18.9 Å². The Morgan fingerprint density at radius 3 is 1.92 bits per heavy atom. The van der Waals surface area contributed by atoms with E-state index in [1.807, 2.05) is 73.7 Å². The third-order valence-corrected chi connectivity index (χ3v) is 6.07. The van der Waals surface area contributed by atoms with Crippen molar-refractivity contribution in [1.29, 1.82) is 0 Å². The van der Waals surface area contributed by atoms with E-state index in [0.717, 1.165) is 50.4 Å². The molecule has 4 rings (SSSR count). The molecule has 2 fully saturated rings. The van der Waals surface area contributed by atoms with Crippen LogP contribution in [0.5, 0.6) is 0 Å². The summed E-state index contributed by atoms with van der Waals surface area (Å²) < 4.78 is 20.4. The third kappa shape index (κ3) is 9.93. The molecule has 0 spiro atoms. The minimum absolute atomic E-state index is 0.0998. The topological polar surface area (TPSA) is 91.3 Å². The molecule has 2 aromatic rings. The first-order valence-electron chi connectivity index (χ1n) is 12.4. The Kier molecular flexibility index (Phi) is 11.6. The number of aliphatic hydroxyl groups excluding tert-OH is 1. The molecule has 2 heterocycles. The molecule has 0 bridgehead atoms. The van der Waals surface area contributed by atoms with E-state index in [-0.39, 0.29) is 18.5 Å². The lowest BCUT2D eigenvalue weighted by Crippen LogP contribution is -2.35. The molecule has 7 nitrogen and oxygen atoms in total. The van der Waals surface area contributed by atoms with Crippen LogP contribution in [-0.2, 0) is 41.8 Å². The largest absolute Gasteiger partial charge is 0.459 e. The van der Waals surface area contributed by atoms with Crippen molar-refractivity contribution in [2.75, 3.05) is 26.4 Å². The molecule has 1 N–H and O–H groups in total. The molecule has 36 heavy (non-hydrogen) atoms. The Bertz CT molecular complexity index is 937. The summed E-state index contributed by atoms with van der Waals surface area (Å²) in [6.07, 6.45) is 3.99. The van der Waals surface area contributed by atoms with Gasteiger partial charge in [-0.25, -0.2) is 9.59 Å². The van der Waals surface area contributed by atoms with Crippen LogP contribution in [0, 0.1) is 17.8 Å². The van der Waals surface area contributed by atoms with Crippen LogP contribution in [0.3, 0.4) is 0 Å². The maximum atomic E-state index is 11.7. The summed E-state index contributed by atoms with van der Waals surface area (Å²) in [7, 11) is 0. The average Bonchev–Trinajstić information content (AvgIpc) is 2.86. The molecule has 2 atom stereocenters. The van der Waals surface area contributed by atoms with Gasteiger partial charge in [-0.3, -0.25) is 0 Å². The molecule has 0 aliphatic carbocycles. The molecule has 0 amide bonds. The fourth-order valence-electron chi connectivity index (χ4n) is 3.68. The number of hydrogen-bond donors (Lipinski definition) is 1. The monoisotopic (exact) mass is 496 g/mol. The van der Waals surface area contributed by atoms with Crippen molar-refractivity contribution in [3.05, 3.63) is 83.9 Å². The Morgan fingerprint density at radius 2 is 1.42 bits per heavy atom. The number of allylic oxidation sites excluding steroid dienone is 1. The normalized spacial score (nSPS) is 17.2. The molecule has 2 aliphatic rings. The summed E-state index contributed by atoms with van der Waals surface area (Å²) in [6, 6.07) is 19.1. The van der Waals surface area contributed by atoms with Gasteiger partial charge in [-0.1, -0.05) is 73.7 Å². The van der Waals surface area contributed by atoms with Gasteiger partial charge >= 0.3 is 11.9 Å². The second kappa shape index (κ2) is 15.2. The number of benzene rings is 2. The number of carbonyl (C=O) groups is 2. The van der Waals surface area contributed by atoms with Crippen molar-refractivity contribution < 1.29 is 33.6 Å². The lowest BCUT2D eigenvalue weighted by Gasteiger charge is -2.29. The average molecular weight is 497 g/mol. The molecular formula is C29H36O7. The summed E-state index contributed by atoms with van der Waals surface area (Å²) >= 11 is 0. The number of rotatable bonds is 11. The van der Waals surface area contributed by atoms with Gasteiger partial charge in [0.2, 0.25) is 0 Å². The van der Waals surface area contributed by atoms with Crippen molar-refractivity contribution in [1.82, 2.24) is 0 Å². The Hall–Kier alpha value is -3.00. The van der Waals surface area contributed by atoms with Crippen molar-refractivity contribution in [2.45, 2.75) is 39.1 Å². The van der Waals surface area contributed by atoms with E-state index >= 15 is 0 Å². The Labute approximate surface area is 213 Å². The van der Waals surface area contributed by atoms with Gasteiger partial charge in [-0.05, 0) is 29.9 Å². The fraction of sp³-hybridized carbons (Fsp3) is 0.448. The van der Waals surface area contributed by atoms with E-state index in [1.165, 1.54) is 6.08 Å². The van der Waals surface area contributed by atoms with Crippen LogP contribution >= 0.6 is 0 Å². The van der Waals surface area contributed by atoms with Crippen molar-refractivity contribution in [3.63, 3.8) is 0 Å². The fourth-order valence-corrected chi connectivity index (χ4v) is 3.68. The summed E-state index contributed by atoms with van der Waals surface area (Å²) in [4.78, 5) is 23.1. The van der Waals surface area contributed by atoms with Gasteiger partial charge in [0.05, 0.1) is 26.4 Å². The third-order valence-electron chi connectivity index (χ3n) is 6.07. The zero-order valence-electron chi connectivity index (χ0n) is 20.8. The maximum absolute atomic E-state index is 11.7. The van der Waals surface area contributed by atoms with Gasteiger partial charge < -0.3 is 24.1 Å². The minimum atomic E-state index is -1.05. The zero-order chi connectivity index (χ0) is 25.6. The highest BCUT2D eigenvalue weighted by Crippen LogP contribution is 2.22. The first-order valence-corrected chi connectivity index (χ1v) is 12.4. The van der Waals surface area contributed by atoms with Crippen LogP contribution < -0.4 is 0 Å². The van der Waals surface area contributed by atoms with Crippen molar-refractivity contribution in [2.24, 2.45) is 17.8 Å². The van der Waals surface area contributed by atoms with Crippen LogP contribution in [0.2, 0.25) is 0 Å².